The van der Waals surface area contributed by atoms with Crippen LogP contribution in [0.15, 0.2) is 0 Å². The SMILES string of the molecule is CC(=O)N[C@@H]1C[C@@H](O[C@@H]2O[C@H](CO)[C@H](O)[C@H](O)[C@H]2O[C@@H]2O[C@@H](C)[C@@H](O)[C@@H](O)[C@@H]2O)[C@@H](CO)OC1O. The number of ether oxygens (including phenoxy) is 5. The van der Waals surface area contributed by atoms with Crippen molar-refractivity contribution >= 4 is 5.91 Å². The summed E-state index contributed by atoms with van der Waals surface area (Å²) < 4.78 is 27.8. The van der Waals surface area contributed by atoms with E-state index >= 15 is 0 Å². The molecule has 0 aromatic rings. The minimum atomic E-state index is -1.73. The summed E-state index contributed by atoms with van der Waals surface area (Å²) in [6.07, 6.45) is -18.6. The van der Waals surface area contributed by atoms with E-state index in [-0.39, 0.29) is 6.42 Å². The molecule has 3 saturated heterocycles. The molecule has 3 aliphatic rings. The second kappa shape index (κ2) is 12.0. The quantitative estimate of drug-likeness (QED) is 0.155. The number of amides is 1. The maximum Gasteiger partial charge on any atom is 0.217 e. The first-order valence-corrected chi connectivity index (χ1v) is 11.3. The molecule has 3 fully saturated rings. The molecule has 204 valence electrons. The van der Waals surface area contributed by atoms with Gasteiger partial charge in [-0.25, -0.2) is 0 Å². The molecule has 35 heavy (non-hydrogen) atoms. The summed E-state index contributed by atoms with van der Waals surface area (Å²) in [6, 6.07) is -0.909. The van der Waals surface area contributed by atoms with E-state index in [1.165, 1.54) is 13.8 Å². The third-order valence-corrected chi connectivity index (χ3v) is 6.36. The fraction of sp³-hybridized carbons (Fsp3) is 0.950. The average molecular weight is 513 g/mol. The molecule has 1 amide bonds. The molecule has 0 bridgehead atoms. The summed E-state index contributed by atoms with van der Waals surface area (Å²) in [5, 5.41) is 83.2. The van der Waals surface area contributed by atoms with Gasteiger partial charge in [0.2, 0.25) is 5.91 Å². The van der Waals surface area contributed by atoms with Gasteiger partial charge in [0.15, 0.2) is 18.9 Å². The van der Waals surface area contributed by atoms with Crippen LogP contribution in [0.4, 0.5) is 0 Å². The Morgan fingerprint density at radius 3 is 2.09 bits per heavy atom. The Labute approximate surface area is 200 Å². The van der Waals surface area contributed by atoms with Crippen molar-refractivity contribution in [3.8, 4) is 0 Å². The van der Waals surface area contributed by atoms with Crippen LogP contribution in [-0.4, -0.2) is 146 Å². The highest BCUT2D eigenvalue weighted by molar-refractivity contribution is 5.73. The smallest absolute Gasteiger partial charge is 0.217 e. The molecule has 3 aliphatic heterocycles. The first kappa shape index (κ1) is 28.5. The van der Waals surface area contributed by atoms with Crippen LogP contribution in [-0.2, 0) is 28.5 Å². The van der Waals surface area contributed by atoms with Crippen molar-refractivity contribution in [1.82, 2.24) is 5.32 Å². The van der Waals surface area contributed by atoms with E-state index in [0.29, 0.717) is 0 Å². The first-order valence-electron chi connectivity index (χ1n) is 11.3. The van der Waals surface area contributed by atoms with Crippen molar-refractivity contribution in [2.75, 3.05) is 13.2 Å². The number of carbonyl (C=O) groups excluding carboxylic acids is 1. The number of hydrogen-bond acceptors (Lipinski definition) is 14. The lowest BCUT2D eigenvalue weighted by atomic mass is 9.96. The van der Waals surface area contributed by atoms with E-state index in [1.807, 2.05) is 0 Å². The monoisotopic (exact) mass is 513 g/mol. The van der Waals surface area contributed by atoms with Crippen molar-refractivity contribution < 1.29 is 69.3 Å². The van der Waals surface area contributed by atoms with Crippen molar-refractivity contribution in [3.63, 3.8) is 0 Å². The molecule has 0 spiro atoms. The molecule has 0 radical (unpaired) electrons. The van der Waals surface area contributed by atoms with Crippen LogP contribution >= 0.6 is 0 Å². The predicted octanol–water partition coefficient (Wildman–Crippen LogP) is -5.37. The van der Waals surface area contributed by atoms with E-state index in [1.54, 1.807) is 0 Å². The molecule has 9 N–H and O–H groups in total. The number of rotatable bonds is 7. The fourth-order valence-electron chi connectivity index (χ4n) is 4.34. The third-order valence-electron chi connectivity index (χ3n) is 6.36. The Hall–Kier alpha value is -1.05. The molecule has 14 atom stereocenters. The van der Waals surface area contributed by atoms with Gasteiger partial charge in [-0.2, -0.15) is 0 Å². The molecular formula is C20H35NO14. The highest BCUT2D eigenvalue weighted by Crippen LogP contribution is 2.32. The van der Waals surface area contributed by atoms with Crippen molar-refractivity contribution in [2.45, 2.75) is 106 Å². The average Bonchev–Trinajstić information content (AvgIpc) is 2.81. The van der Waals surface area contributed by atoms with Gasteiger partial charge in [-0.05, 0) is 6.92 Å². The summed E-state index contributed by atoms with van der Waals surface area (Å²) in [7, 11) is 0. The van der Waals surface area contributed by atoms with E-state index < -0.39 is 105 Å². The molecule has 3 heterocycles. The second-order valence-corrected chi connectivity index (χ2v) is 8.95. The van der Waals surface area contributed by atoms with E-state index in [0.717, 1.165) is 0 Å². The molecule has 15 nitrogen and oxygen atoms in total. The summed E-state index contributed by atoms with van der Waals surface area (Å²) in [5.41, 5.74) is 0. The van der Waals surface area contributed by atoms with Gasteiger partial charge in [0.1, 0.15) is 48.8 Å². The lowest BCUT2D eigenvalue weighted by Crippen LogP contribution is -2.65. The Morgan fingerprint density at radius 1 is 0.829 bits per heavy atom. The maximum atomic E-state index is 11.5. The summed E-state index contributed by atoms with van der Waals surface area (Å²) in [6.45, 7) is 1.37. The standard InChI is InChI=1S/C20H35NO14/c1-6-12(25)14(27)16(29)19(31-6)35-17-15(28)13(26)11(5-23)34-20(17)33-9-3-8(21-7(2)24)18(30)32-10(9)4-22/h6,8-20,22-23,25-30H,3-5H2,1-2H3,(H,21,24)/t6-,8+,9+,10+,11+,12+,13-,14+,15-,16-,17+,18?,19-,20+/m0/s1. The van der Waals surface area contributed by atoms with Crippen molar-refractivity contribution in [3.05, 3.63) is 0 Å². The Kier molecular flexibility index (Phi) is 9.78. The van der Waals surface area contributed by atoms with Crippen LogP contribution in [0, 0.1) is 0 Å². The zero-order chi connectivity index (χ0) is 26.0. The van der Waals surface area contributed by atoms with E-state index in [9.17, 15) is 45.6 Å². The molecule has 3 rings (SSSR count). The molecule has 0 aromatic heterocycles. The zero-order valence-electron chi connectivity index (χ0n) is 19.2. The highest BCUT2D eigenvalue weighted by atomic mass is 16.8. The summed E-state index contributed by atoms with van der Waals surface area (Å²) in [5.74, 6) is -0.453. The Morgan fingerprint density at radius 2 is 1.49 bits per heavy atom. The van der Waals surface area contributed by atoms with Gasteiger partial charge in [-0.15, -0.1) is 0 Å². The van der Waals surface area contributed by atoms with E-state index in [2.05, 4.69) is 5.32 Å². The highest BCUT2D eigenvalue weighted by Gasteiger charge is 2.52. The number of aliphatic hydroxyl groups is 8. The minimum absolute atomic E-state index is 0.0501. The van der Waals surface area contributed by atoms with Crippen molar-refractivity contribution in [2.24, 2.45) is 0 Å². The molecule has 0 aliphatic carbocycles. The maximum absolute atomic E-state index is 11.5. The Bertz CT molecular complexity index is 701. The summed E-state index contributed by atoms with van der Waals surface area (Å²) in [4.78, 5) is 11.5. The van der Waals surface area contributed by atoms with Crippen LogP contribution in [0.2, 0.25) is 0 Å². The summed E-state index contributed by atoms with van der Waals surface area (Å²) >= 11 is 0. The van der Waals surface area contributed by atoms with Gasteiger partial charge in [0.05, 0.1) is 31.5 Å². The zero-order valence-corrected chi connectivity index (χ0v) is 19.2. The van der Waals surface area contributed by atoms with Gasteiger partial charge < -0.3 is 69.9 Å². The topological polar surface area (TPSA) is 237 Å². The number of aliphatic hydroxyl groups excluding tert-OH is 8. The predicted molar refractivity (Wildman–Crippen MR) is 110 cm³/mol. The van der Waals surface area contributed by atoms with Gasteiger partial charge in [-0.1, -0.05) is 0 Å². The van der Waals surface area contributed by atoms with Crippen molar-refractivity contribution in [1.29, 1.82) is 0 Å². The minimum Gasteiger partial charge on any atom is -0.394 e. The fourth-order valence-corrected chi connectivity index (χ4v) is 4.34. The second-order valence-electron chi connectivity index (χ2n) is 8.95. The van der Waals surface area contributed by atoms with Gasteiger partial charge >= 0.3 is 0 Å². The molecule has 0 saturated carbocycles. The molecule has 1 unspecified atom stereocenters. The lowest BCUT2D eigenvalue weighted by Gasteiger charge is -2.47. The first-order chi connectivity index (χ1) is 16.5. The lowest BCUT2D eigenvalue weighted by molar-refractivity contribution is -0.376. The van der Waals surface area contributed by atoms with Crippen LogP contribution < -0.4 is 5.32 Å². The molecule has 15 heteroatoms. The van der Waals surface area contributed by atoms with Crippen LogP contribution in [0.5, 0.6) is 0 Å². The molecular weight excluding hydrogens is 478 g/mol. The third kappa shape index (κ3) is 6.27. The largest absolute Gasteiger partial charge is 0.394 e. The number of nitrogens with one attached hydrogen (secondary N) is 1. The Balaban J connectivity index is 1.81. The van der Waals surface area contributed by atoms with Crippen LogP contribution in [0.25, 0.3) is 0 Å². The van der Waals surface area contributed by atoms with Gasteiger partial charge in [-0.3, -0.25) is 4.79 Å². The van der Waals surface area contributed by atoms with Crippen LogP contribution in [0.1, 0.15) is 20.3 Å². The van der Waals surface area contributed by atoms with Gasteiger partial charge in [0, 0.05) is 13.3 Å². The number of hydrogen-bond donors (Lipinski definition) is 9. The van der Waals surface area contributed by atoms with Crippen LogP contribution in [0.3, 0.4) is 0 Å². The number of carbonyl (C=O) groups is 1. The normalized spacial score (nSPS) is 49.0. The van der Waals surface area contributed by atoms with E-state index in [4.69, 9.17) is 23.7 Å². The molecule has 0 aromatic carbocycles. The van der Waals surface area contributed by atoms with Gasteiger partial charge in [0.25, 0.3) is 0 Å².